The summed E-state index contributed by atoms with van der Waals surface area (Å²) in [5.41, 5.74) is 1.53. The van der Waals surface area contributed by atoms with Gasteiger partial charge < -0.3 is 0 Å². The molecule has 3 heteroatoms. The van der Waals surface area contributed by atoms with E-state index in [0.29, 0.717) is 0 Å². The number of nitrogens with zero attached hydrogens (tertiary/aromatic N) is 2. The third-order valence-electron chi connectivity index (χ3n) is 4.39. The Kier molecular flexibility index (Phi) is 6.29. The molecular formula is C20H23FN2. The second-order valence-corrected chi connectivity index (χ2v) is 6.02. The number of unbranched alkanes of at least 4 members (excludes halogenated alkanes) is 2. The van der Waals surface area contributed by atoms with Gasteiger partial charge in [-0.05, 0) is 48.6 Å². The Hall–Kier alpha value is -2.21. The maximum atomic E-state index is 13.0. The Morgan fingerprint density at radius 2 is 1.91 bits per heavy atom. The number of aryl methyl sites for hydroxylation is 1. The zero-order chi connectivity index (χ0) is 16.5. The first-order valence-electron chi connectivity index (χ1n) is 8.26. The molecule has 0 amide bonds. The fourth-order valence-electron chi connectivity index (χ4n) is 2.92. The summed E-state index contributed by atoms with van der Waals surface area (Å²) >= 11 is 0. The molecule has 1 atom stereocenters. The Balaban J connectivity index is 2.18. The molecule has 0 fully saturated rings. The van der Waals surface area contributed by atoms with Crippen molar-refractivity contribution in [2.75, 3.05) is 0 Å². The number of halogens is 1. The van der Waals surface area contributed by atoms with Gasteiger partial charge >= 0.3 is 0 Å². The molecule has 1 heterocycles. The minimum atomic E-state index is -0.516. The zero-order valence-electron chi connectivity index (χ0n) is 13.6. The molecule has 2 aromatic rings. The first kappa shape index (κ1) is 17.1. The molecule has 0 aliphatic rings. The van der Waals surface area contributed by atoms with Crippen molar-refractivity contribution in [2.24, 2.45) is 0 Å². The minimum absolute atomic E-state index is 0.226. The number of benzene rings is 1. The molecule has 0 bridgehead atoms. The molecule has 1 unspecified atom stereocenters. The number of hydrogen-bond donors (Lipinski definition) is 0. The zero-order valence-corrected chi connectivity index (χ0v) is 13.6. The summed E-state index contributed by atoms with van der Waals surface area (Å²) in [5, 5.41) is 9.91. The van der Waals surface area contributed by atoms with E-state index in [-0.39, 0.29) is 5.82 Å². The molecule has 0 radical (unpaired) electrons. The largest absolute Gasteiger partial charge is 0.264 e. The molecule has 0 saturated carbocycles. The van der Waals surface area contributed by atoms with Gasteiger partial charge in [0.1, 0.15) is 5.82 Å². The Morgan fingerprint density at radius 3 is 2.52 bits per heavy atom. The van der Waals surface area contributed by atoms with E-state index in [1.165, 1.54) is 12.1 Å². The van der Waals surface area contributed by atoms with Crippen LogP contribution in [0.5, 0.6) is 0 Å². The van der Waals surface area contributed by atoms with Gasteiger partial charge in [0.05, 0.1) is 11.5 Å². The lowest BCUT2D eigenvalue weighted by Gasteiger charge is -2.27. The lowest BCUT2D eigenvalue weighted by atomic mass is 9.74. The first-order chi connectivity index (χ1) is 11.2. The van der Waals surface area contributed by atoms with Crippen molar-refractivity contribution in [3.8, 4) is 6.07 Å². The van der Waals surface area contributed by atoms with Crippen LogP contribution in [-0.4, -0.2) is 4.98 Å². The summed E-state index contributed by atoms with van der Waals surface area (Å²) in [6.45, 7) is 2.16. The summed E-state index contributed by atoms with van der Waals surface area (Å²) in [5.74, 6) is -0.226. The average molecular weight is 310 g/mol. The van der Waals surface area contributed by atoms with Gasteiger partial charge in [-0.2, -0.15) is 5.26 Å². The third-order valence-corrected chi connectivity index (χ3v) is 4.39. The van der Waals surface area contributed by atoms with Crippen molar-refractivity contribution in [3.05, 3.63) is 65.7 Å². The van der Waals surface area contributed by atoms with Crippen molar-refractivity contribution >= 4 is 0 Å². The van der Waals surface area contributed by atoms with E-state index in [9.17, 15) is 9.65 Å². The highest BCUT2D eigenvalue weighted by Crippen LogP contribution is 2.34. The highest BCUT2D eigenvalue weighted by atomic mass is 19.1. The Morgan fingerprint density at radius 1 is 1.13 bits per heavy atom. The van der Waals surface area contributed by atoms with Gasteiger partial charge in [0.15, 0.2) is 0 Å². The van der Waals surface area contributed by atoms with Crippen LogP contribution >= 0.6 is 0 Å². The maximum absolute atomic E-state index is 13.0. The van der Waals surface area contributed by atoms with E-state index in [2.05, 4.69) is 18.0 Å². The lowest BCUT2D eigenvalue weighted by molar-refractivity contribution is 0.438. The van der Waals surface area contributed by atoms with E-state index in [1.54, 1.807) is 24.5 Å². The summed E-state index contributed by atoms with van der Waals surface area (Å²) in [6, 6.07) is 13.0. The summed E-state index contributed by atoms with van der Waals surface area (Å²) in [4.78, 5) is 4.19. The van der Waals surface area contributed by atoms with Crippen LogP contribution in [0.15, 0.2) is 48.8 Å². The molecule has 0 aliphatic carbocycles. The van der Waals surface area contributed by atoms with Crippen LogP contribution in [0.25, 0.3) is 0 Å². The van der Waals surface area contributed by atoms with E-state index in [0.717, 1.165) is 49.7 Å². The second-order valence-electron chi connectivity index (χ2n) is 6.02. The Bertz CT molecular complexity index is 631. The minimum Gasteiger partial charge on any atom is -0.264 e. The van der Waals surface area contributed by atoms with Gasteiger partial charge in [0, 0.05) is 12.4 Å². The number of rotatable bonds is 8. The van der Waals surface area contributed by atoms with Crippen molar-refractivity contribution < 1.29 is 4.39 Å². The SMILES string of the molecule is CCCCCC(C#N)(CCc1ccc(F)cc1)c1cccnc1. The van der Waals surface area contributed by atoms with Gasteiger partial charge in [-0.1, -0.05) is 44.4 Å². The topological polar surface area (TPSA) is 36.7 Å². The predicted octanol–water partition coefficient (Wildman–Crippen LogP) is 5.20. The summed E-state index contributed by atoms with van der Waals surface area (Å²) in [6.07, 6.45) is 9.15. The van der Waals surface area contributed by atoms with Crippen LogP contribution < -0.4 is 0 Å². The molecule has 0 saturated heterocycles. The lowest BCUT2D eigenvalue weighted by Crippen LogP contribution is -2.25. The Labute approximate surface area is 138 Å². The molecule has 120 valence electrons. The van der Waals surface area contributed by atoms with Crippen molar-refractivity contribution in [3.63, 3.8) is 0 Å². The highest BCUT2D eigenvalue weighted by molar-refractivity contribution is 5.31. The fraction of sp³-hybridized carbons (Fsp3) is 0.400. The van der Waals surface area contributed by atoms with Crippen LogP contribution in [-0.2, 0) is 11.8 Å². The molecule has 0 aliphatic heterocycles. The first-order valence-corrected chi connectivity index (χ1v) is 8.26. The molecule has 23 heavy (non-hydrogen) atoms. The van der Waals surface area contributed by atoms with E-state index in [4.69, 9.17) is 0 Å². The number of nitriles is 1. The quantitative estimate of drug-likeness (QED) is 0.629. The van der Waals surface area contributed by atoms with E-state index in [1.807, 2.05) is 12.1 Å². The molecular weight excluding hydrogens is 287 g/mol. The molecule has 2 nitrogen and oxygen atoms in total. The fourth-order valence-corrected chi connectivity index (χ4v) is 2.92. The van der Waals surface area contributed by atoms with Crippen molar-refractivity contribution in [1.82, 2.24) is 4.98 Å². The van der Waals surface area contributed by atoms with Crippen molar-refractivity contribution in [2.45, 2.75) is 50.9 Å². The average Bonchev–Trinajstić information content (AvgIpc) is 2.60. The van der Waals surface area contributed by atoms with Gasteiger partial charge in [0.25, 0.3) is 0 Å². The van der Waals surface area contributed by atoms with E-state index < -0.39 is 5.41 Å². The third kappa shape index (κ3) is 4.63. The van der Waals surface area contributed by atoms with Gasteiger partial charge in [-0.3, -0.25) is 4.98 Å². The van der Waals surface area contributed by atoms with Crippen LogP contribution in [0.2, 0.25) is 0 Å². The van der Waals surface area contributed by atoms with Crippen LogP contribution in [0, 0.1) is 17.1 Å². The normalized spacial score (nSPS) is 13.3. The number of aromatic nitrogens is 1. The van der Waals surface area contributed by atoms with E-state index >= 15 is 0 Å². The van der Waals surface area contributed by atoms with Crippen LogP contribution in [0.4, 0.5) is 4.39 Å². The molecule has 2 rings (SSSR count). The van der Waals surface area contributed by atoms with Crippen molar-refractivity contribution in [1.29, 1.82) is 5.26 Å². The summed E-state index contributed by atoms with van der Waals surface area (Å²) in [7, 11) is 0. The summed E-state index contributed by atoms with van der Waals surface area (Å²) < 4.78 is 13.0. The molecule has 0 N–H and O–H groups in total. The molecule has 0 spiro atoms. The number of pyridine rings is 1. The van der Waals surface area contributed by atoms with Crippen LogP contribution in [0.3, 0.4) is 0 Å². The van der Waals surface area contributed by atoms with Crippen LogP contribution in [0.1, 0.15) is 50.2 Å². The highest BCUT2D eigenvalue weighted by Gasteiger charge is 2.31. The maximum Gasteiger partial charge on any atom is 0.123 e. The monoisotopic (exact) mass is 310 g/mol. The van der Waals surface area contributed by atoms with Gasteiger partial charge in [-0.25, -0.2) is 4.39 Å². The predicted molar refractivity (Wildman–Crippen MR) is 90.4 cm³/mol. The second kappa shape index (κ2) is 8.43. The smallest absolute Gasteiger partial charge is 0.123 e. The van der Waals surface area contributed by atoms with Gasteiger partial charge in [0.2, 0.25) is 0 Å². The number of hydrogen-bond acceptors (Lipinski definition) is 2. The molecule has 1 aromatic carbocycles. The standard InChI is InChI=1S/C20H23FN2/c1-2-3-4-12-20(16-22,18-6-5-14-23-15-18)13-11-17-7-9-19(21)10-8-17/h5-10,14-15H,2-4,11-13H2,1H3. The molecule has 1 aromatic heterocycles. The van der Waals surface area contributed by atoms with Gasteiger partial charge in [-0.15, -0.1) is 0 Å².